The van der Waals surface area contributed by atoms with E-state index in [0.717, 1.165) is 22.9 Å². The first-order valence-electron chi connectivity index (χ1n) is 4.54. The molecule has 0 spiro atoms. The summed E-state index contributed by atoms with van der Waals surface area (Å²) in [6.45, 7) is 0. The Hall–Kier alpha value is -0.600. The molecule has 0 aliphatic rings. The molecule has 0 bridgehead atoms. The average Bonchev–Trinajstić information content (AvgIpc) is 2.16. The lowest BCUT2D eigenvalue weighted by Crippen LogP contribution is -2.19. The Morgan fingerprint density at radius 3 is 2.36 bits per heavy atom. The molecule has 1 rings (SSSR count). The van der Waals surface area contributed by atoms with Crippen LogP contribution in [0.25, 0.3) is 0 Å². The van der Waals surface area contributed by atoms with E-state index >= 15 is 0 Å². The van der Waals surface area contributed by atoms with Gasteiger partial charge in [0.05, 0.1) is 4.99 Å². The van der Waals surface area contributed by atoms with Gasteiger partial charge >= 0.3 is 0 Å². The van der Waals surface area contributed by atoms with Gasteiger partial charge in [-0.3, -0.25) is 0 Å². The third-order valence-electron chi connectivity index (χ3n) is 2.04. The van der Waals surface area contributed by atoms with Crippen molar-refractivity contribution in [3.05, 3.63) is 34.9 Å². The highest BCUT2D eigenvalue weighted by Gasteiger charge is 1.99. The molecule has 14 heavy (non-hydrogen) atoms. The summed E-state index contributed by atoms with van der Waals surface area (Å²) in [5, 5.41) is 0.781. The molecule has 0 aliphatic heterocycles. The van der Waals surface area contributed by atoms with Gasteiger partial charge in [-0.25, -0.2) is 0 Å². The number of benzene rings is 1. The van der Waals surface area contributed by atoms with Gasteiger partial charge in [-0.15, -0.1) is 0 Å². The first-order chi connectivity index (χ1) is 6.59. The SMILES string of the molecule is CN(C)C(=S)CCc1ccc(Cl)cc1. The Bertz CT molecular complexity index is 306. The van der Waals surface area contributed by atoms with Crippen LogP contribution in [-0.4, -0.2) is 24.0 Å². The second-order valence-corrected chi connectivity index (χ2v) is 4.32. The maximum atomic E-state index is 5.79. The molecule has 0 saturated heterocycles. The summed E-state index contributed by atoms with van der Waals surface area (Å²) in [6.07, 6.45) is 1.90. The maximum absolute atomic E-state index is 5.79. The molecule has 0 amide bonds. The molecule has 1 aromatic carbocycles. The summed E-state index contributed by atoms with van der Waals surface area (Å²) in [4.78, 5) is 2.96. The van der Waals surface area contributed by atoms with E-state index in [2.05, 4.69) is 0 Å². The van der Waals surface area contributed by atoms with E-state index in [9.17, 15) is 0 Å². The van der Waals surface area contributed by atoms with E-state index in [1.165, 1.54) is 5.56 Å². The number of halogens is 1. The normalized spacial score (nSPS) is 9.93. The first kappa shape index (κ1) is 11.5. The van der Waals surface area contributed by atoms with Crippen LogP contribution in [0.1, 0.15) is 12.0 Å². The minimum absolute atomic E-state index is 0.781. The molecule has 3 heteroatoms. The summed E-state index contributed by atoms with van der Waals surface area (Å²) in [5.74, 6) is 0. The summed E-state index contributed by atoms with van der Waals surface area (Å²) in [7, 11) is 3.95. The van der Waals surface area contributed by atoms with E-state index in [0.29, 0.717) is 0 Å². The van der Waals surface area contributed by atoms with Crippen LogP contribution in [0.2, 0.25) is 5.02 Å². The summed E-state index contributed by atoms with van der Waals surface area (Å²) in [5.41, 5.74) is 1.28. The second-order valence-electron chi connectivity index (χ2n) is 3.41. The molecule has 1 nitrogen and oxygen atoms in total. The molecule has 0 N–H and O–H groups in total. The number of rotatable bonds is 3. The molecular formula is C11H14ClNS. The molecule has 0 aliphatic carbocycles. The minimum Gasteiger partial charge on any atom is -0.372 e. The third kappa shape index (κ3) is 3.64. The van der Waals surface area contributed by atoms with E-state index in [4.69, 9.17) is 23.8 Å². The van der Waals surface area contributed by atoms with Crippen LogP contribution < -0.4 is 0 Å². The van der Waals surface area contributed by atoms with Gasteiger partial charge < -0.3 is 4.90 Å². The van der Waals surface area contributed by atoms with Crippen LogP contribution in [0.15, 0.2) is 24.3 Å². The van der Waals surface area contributed by atoms with Crippen molar-refractivity contribution < 1.29 is 0 Å². The molecule has 0 aromatic heterocycles. The van der Waals surface area contributed by atoms with Crippen molar-refractivity contribution in [1.29, 1.82) is 0 Å². The molecule has 1 aromatic rings. The average molecular weight is 228 g/mol. The maximum Gasteiger partial charge on any atom is 0.0777 e. The Balaban J connectivity index is 2.46. The van der Waals surface area contributed by atoms with Gasteiger partial charge in [0.25, 0.3) is 0 Å². The van der Waals surface area contributed by atoms with Crippen molar-refractivity contribution in [2.45, 2.75) is 12.8 Å². The molecule has 0 heterocycles. The predicted molar refractivity (Wildman–Crippen MR) is 66.1 cm³/mol. The Morgan fingerprint density at radius 1 is 1.29 bits per heavy atom. The van der Waals surface area contributed by atoms with Crippen LogP contribution in [0.5, 0.6) is 0 Å². The van der Waals surface area contributed by atoms with Gasteiger partial charge in [0, 0.05) is 25.5 Å². The van der Waals surface area contributed by atoms with E-state index in [1.807, 2.05) is 43.3 Å². The third-order valence-corrected chi connectivity index (χ3v) is 2.86. The minimum atomic E-state index is 0.781. The predicted octanol–water partition coefficient (Wildman–Crippen LogP) is 3.16. The summed E-state index contributed by atoms with van der Waals surface area (Å²) < 4.78 is 0. The number of aryl methyl sites for hydroxylation is 1. The van der Waals surface area contributed by atoms with Gasteiger partial charge in [0.2, 0.25) is 0 Å². The molecule has 76 valence electrons. The fourth-order valence-electron chi connectivity index (χ4n) is 1.13. The van der Waals surface area contributed by atoms with Crippen LogP contribution in [0.3, 0.4) is 0 Å². The smallest absolute Gasteiger partial charge is 0.0777 e. The van der Waals surface area contributed by atoms with Crippen molar-refractivity contribution in [2.24, 2.45) is 0 Å². The standard InChI is InChI=1S/C11H14ClNS/c1-13(2)11(14)8-5-9-3-6-10(12)7-4-9/h3-4,6-7H,5,8H2,1-2H3. The zero-order valence-corrected chi connectivity index (χ0v) is 10.0. The molecule has 0 atom stereocenters. The van der Waals surface area contributed by atoms with Gasteiger partial charge in [0.15, 0.2) is 0 Å². The highest BCUT2D eigenvalue weighted by Crippen LogP contribution is 2.11. The Labute approximate surface area is 95.7 Å². The zero-order chi connectivity index (χ0) is 10.6. The highest BCUT2D eigenvalue weighted by molar-refractivity contribution is 7.80. The molecule has 0 radical (unpaired) electrons. The fourth-order valence-corrected chi connectivity index (χ4v) is 1.35. The largest absolute Gasteiger partial charge is 0.372 e. The van der Waals surface area contributed by atoms with E-state index < -0.39 is 0 Å². The number of hydrogen-bond acceptors (Lipinski definition) is 1. The lowest BCUT2D eigenvalue weighted by molar-refractivity contribution is 0.617. The fraction of sp³-hybridized carbons (Fsp3) is 0.364. The summed E-state index contributed by atoms with van der Waals surface area (Å²) in [6, 6.07) is 7.91. The van der Waals surface area contributed by atoms with E-state index in [-0.39, 0.29) is 0 Å². The number of thiocarbonyl (C=S) groups is 1. The molecular weight excluding hydrogens is 214 g/mol. The topological polar surface area (TPSA) is 3.24 Å². The van der Waals surface area contributed by atoms with Crippen molar-refractivity contribution in [1.82, 2.24) is 4.90 Å². The van der Waals surface area contributed by atoms with Gasteiger partial charge in [-0.2, -0.15) is 0 Å². The highest BCUT2D eigenvalue weighted by atomic mass is 35.5. The van der Waals surface area contributed by atoms with Crippen molar-refractivity contribution in [2.75, 3.05) is 14.1 Å². The Kier molecular flexibility index (Phi) is 4.36. The molecule has 0 saturated carbocycles. The van der Waals surface area contributed by atoms with Crippen molar-refractivity contribution in [3.8, 4) is 0 Å². The lowest BCUT2D eigenvalue weighted by atomic mass is 10.1. The van der Waals surface area contributed by atoms with E-state index in [1.54, 1.807) is 0 Å². The molecule has 0 unspecified atom stereocenters. The van der Waals surface area contributed by atoms with Gasteiger partial charge in [-0.1, -0.05) is 36.0 Å². The zero-order valence-electron chi connectivity index (χ0n) is 8.46. The summed E-state index contributed by atoms with van der Waals surface area (Å²) >= 11 is 11.0. The number of nitrogens with zero attached hydrogens (tertiary/aromatic N) is 1. The van der Waals surface area contributed by atoms with Crippen LogP contribution in [-0.2, 0) is 6.42 Å². The first-order valence-corrected chi connectivity index (χ1v) is 5.33. The molecule has 0 fully saturated rings. The quantitative estimate of drug-likeness (QED) is 0.730. The van der Waals surface area contributed by atoms with Crippen LogP contribution in [0.4, 0.5) is 0 Å². The van der Waals surface area contributed by atoms with Gasteiger partial charge in [0.1, 0.15) is 0 Å². The van der Waals surface area contributed by atoms with Crippen LogP contribution >= 0.6 is 23.8 Å². The van der Waals surface area contributed by atoms with Crippen molar-refractivity contribution >= 4 is 28.8 Å². The number of hydrogen-bond donors (Lipinski definition) is 0. The van der Waals surface area contributed by atoms with Gasteiger partial charge in [-0.05, 0) is 24.1 Å². The van der Waals surface area contributed by atoms with Crippen molar-refractivity contribution in [3.63, 3.8) is 0 Å². The van der Waals surface area contributed by atoms with Crippen LogP contribution in [0, 0.1) is 0 Å². The lowest BCUT2D eigenvalue weighted by Gasteiger charge is -2.13. The monoisotopic (exact) mass is 227 g/mol. The second kappa shape index (κ2) is 5.32. The Morgan fingerprint density at radius 2 is 1.86 bits per heavy atom.